The summed E-state index contributed by atoms with van der Waals surface area (Å²) in [6.45, 7) is 4.24. The van der Waals surface area contributed by atoms with Gasteiger partial charge in [-0.2, -0.15) is 4.39 Å². The molecule has 0 radical (unpaired) electrons. The third-order valence-electron chi connectivity index (χ3n) is 9.43. The fraction of sp³-hybridized carbons (Fsp3) is 0.636. The molecule has 1 aromatic rings. The zero-order valence-electron chi connectivity index (χ0n) is 22.5. The van der Waals surface area contributed by atoms with E-state index in [0.717, 1.165) is 48.5 Å². The molecule has 4 rings (SSSR count). The van der Waals surface area contributed by atoms with E-state index >= 15 is 0 Å². The van der Waals surface area contributed by atoms with Crippen LogP contribution in [0.4, 0.5) is 8.78 Å². The van der Waals surface area contributed by atoms with Gasteiger partial charge in [0.05, 0.1) is 0 Å². The summed E-state index contributed by atoms with van der Waals surface area (Å²) in [4.78, 5) is 0. The predicted molar refractivity (Wildman–Crippen MR) is 147 cm³/mol. The summed E-state index contributed by atoms with van der Waals surface area (Å²) in [6.07, 6.45) is 27.2. The molecule has 1 nitrogen and oxygen atoms in total. The highest BCUT2D eigenvalue weighted by Crippen LogP contribution is 2.46. The van der Waals surface area contributed by atoms with Crippen molar-refractivity contribution in [2.45, 2.75) is 97.3 Å². The van der Waals surface area contributed by atoms with Gasteiger partial charge in [-0.1, -0.05) is 43.2 Å². The molecule has 2 saturated carbocycles. The molecular formula is C33H46F2O. The number of rotatable bonds is 9. The van der Waals surface area contributed by atoms with Crippen molar-refractivity contribution in [2.75, 3.05) is 6.61 Å². The number of hydrogen-bond donors (Lipinski definition) is 0. The van der Waals surface area contributed by atoms with Gasteiger partial charge >= 0.3 is 0 Å². The van der Waals surface area contributed by atoms with Gasteiger partial charge in [0.2, 0.25) is 5.82 Å². The van der Waals surface area contributed by atoms with Crippen molar-refractivity contribution in [3.05, 3.63) is 59.7 Å². The second kappa shape index (κ2) is 13.6. The highest BCUT2D eigenvalue weighted by Gasteiger charge is 2.34. The number of halogens is 2. The van der Waals surface area contributed by atoms with Crippen LogP contribution in [0.3, 0.4) is 0 Å². The third-order valence-corrected chi connectivity index (χ3v) is 9.43. The summed E-state index contributed by atoms with van der Waals surface area (Å²) in [6, 6.07) is 3.26. The van der Waals surface area contributed by atoms with Crippen LogP contribution in [0.2, 0.25) is 0 Å². The van der Waals surface area contributed by atoms with Gasteiger partial charge in [-0.25, -0.2) is 4.39 Å². The molecule has 198 valence electrons. The average Bonchev–Trinajstić information content (AvgIpc) is 2.92. The van der Waals surface area contributed by atoms with Crippen molar-refractivity contribution < 1.29 is 13.5 Å². The summed E-state index contributed by atoms with van der Waals surface area (Å²) in [5.41, 5.74) is 1.37. The van der Waals surface area contributed by atoms with Crippen LogP contribution in [-0.2, 0) is 0 Å². The maximum atomic E-state index is 14.8. The number of hydrogen-bond acceptors (Lipinski definition) is 1. The molecule has 3 aliphatic rings. The fourth-order valence-electron chi connectivity index (χ4n) is 7.19. The van der Waals surface area contributed by atoms with Crippen molar-refractivity contribution >= 4 is 5.57 Å². The van der Waals surface area contributed by atoms with Gasteiger partial charge < -0.3 is 4.74 Å². The molecule has 3 aliphatic carbocycles. The zero-order chi connectivity index (χ0) is 25.3. The number of ether oxygens (including phenoxy) is 1. The van der Waals surface area contributed by atoms with E-state index in [1.165, 1.54) is 64.2 Å². The topological polar surface area (TPSA) is 9.23 Å². The number of benzene rings is 1. The van der Waals surface area contributed by atoms with Gasteiger partial charge in [0.1, 0.15) is 6.61 Å². The highest BCUT2D eigenvalue weighted by molar-refractivity contribution is 5.67. The summed E-state index contributed by atoms with van der Waals surface area (Å²) >= 11 is 0. The minimum absolute atomic E-state index is 0.0115. The van der Waals surface area contributed by atoms with Crippen LogP contribution < -0.4 is 4.74 Å². The minimum Gasteiger partial charge on any atom is -0.486 e. The van der Waals surface area contributed by atoms with Crippen LogP contribution >= 0.6 is 0 Å². The number of allylic oxidation sites excluding steroid dienone is 5. The summed E-state index contributed by atoms with van der Waals surface area (Å²) in [5, 5.41) is 0. The van der Waals surface area contributed by atoms with Crippen molar-refractivity contribution in [2.24, 2.45) is 29.6 Å². The van der Waals surface area contributed by atoms with Crippen LogP contribution in [-0.4, -0.2) is 6.61 Å². The van der Waals surface area contributed by atoms with Crippen molar-refractivity contribution in [3.63, 3.8) is 0 Å². The summed E-state index contributed by atoms with van der Waals surface area (Å²) in [7, 11) is 0. The van der Waals surface area contributed by atoms with E-state index in [1.807, 2.05) is 13.0 Å². The molecule has 0 aliphatic heterocycles. The molecule has 0 N–H and O–H groups in total. The standard InChI is InChI=1S/C33H46F2O/c1-3-5-7-8-24-9-11-25(12-10-24)26-13-15-27(16-14-26)28-17-19-29(20-18-28)30-21-22-31(33(35)32(30)34)36-23-6-4-2/h3-6,19,21-22,24-28H,7-18,20,23H2,1-2H3/b5-3+,6-4+. The smallest absolute Gasteiger partial charge is 0.201 e. The molecule has 36 heavy (non-hydrogen) atoms. The average molecular weight is 497 g/mol. The highest BCUT2D eigenvalue weighted by atomic mass is 19.2. The first-order chi connectivity index (χ1) is 17.6. The predicted octanol–water partition coefficient (Wildman–Crippen LogP) is 10.1. The van der Waals surface area contributed by atoms with Gasteiger partial charge in [0.25, 0.3) is 0 Å². The first-order valence-corrected chi connectivity index (χ1v) is 14.6. The molecule has 0 spiro atoms. The molecule has 1 atom stereocenters. The van der Waals surface area contributed by atoms with Crippen LogP contribution in [0.5, 0.6) is 5.75 Å². The molecule has 0 amide bonds. The summed E-state index contributed by atoms with van der Waals surface area (Å²) < 4.78 is 34.7. The monoisotopic (exact) mass is 496 g/mol. The van der Waals surface area contributed by atoms with Crippen molar-refractivity contribution in [1.82, 2.24) is 0 Å². The van der Waals surface area contributed by atoms with E-state index in [9.17, 15) is 8.78 Å². The van der Waals surface area contributed by atoms with Crippen LogP contribution in [0, 0.1) is 41.2 Å². The zero-order valence-corrected chi connectivity index (χ0v) is 22.5. The van der Waals surface area contributed by atoms with E-state index < -0.39 is 11.6 Å². The Hall–Kier alpha value is -1.90. The second-order valence-electron chi connectivity index (χ2n) is 11.5. The van der Waals surface area contributed by atoms with Gasteiger partial charge in [-0.05, 0) is 132 Å². The van der Waals surface area contributed by atoms with Crippen LogP contribution in [0.1, 0.15) is 103 Å². The lowest BCUT2D eigenvalue weighted by molar-refractivity contribution is 0.121. The SMILES string of the molecule is C/C=C/CCC1CCC(C2CCC(C3CC=C(c4ccc(OC/C=C/C)c(F)c4F)CC3)CC2)CC1. The van der Waals surface area contributed by atoms with Crippen LogP contribution in [0.15, 0.2) is 42.5 Å². The second-order valence-corrected chi connectivity index (χ2v) is 11.5. The molecule has 0 heterocycles. The van der Waals surface area contributed by atoms with Crippen molar-refractivity contribution in [1.29, 1.82) is 0 Å². The molecule has 0 saturated heterocycles. The van der Waals surface area contributed by atoms with E-state index in [4.69, 9.17) is 4.74 Å². The molecule has 2 fully saturated rings. The molecule has 1 unspecified atom stereocenters. The molecular weight excluding hydrogens is 450 g/mol. The van der Waals surface area contributed by atoms with E-state index in [-0.39, 0.29) is 12.4 Å². The van der Waals surface area contributed by atoms with Crippen LogP contribution in [0.25, 0.3) is 5.57 Å². The lowest BCUT2D eigenvalue weighted by Crippen LogP contribution is -2.28. The maximum Gasteiger partial charge on any atom is 0.201 e. The lowest BCUT2D eigenvalue weighted by atomic mass is 9.65. The van der Waals surface area contributed by atoms with Gasteiger partial charge in [0.15, 0.2) is 11.6 Å². The largest absolute Gasteiger partial charge is 0.486 e. The van der Waals surface area contributed by atoms with Gasteiger partial charge in [-0.3, -0.25) is 0 Å². The summed E-state index contributed by atoms with van der Waals surface area (Å²) in [5.74, 6) is 2.72. The van der Waals surface area contributed by atoms with Gasteiger partial charge in [-0.15, -0.1) is 0 Å². The van der Waals surface area contributed by atoms with Gasteiger partial charge in [0, 0.05) is 5.56 Å². The quantitative estimate of drug-likeness (QED) is 0.309. The Morgan fingerprint density at radius 1 is 0.778 bits per heavy atom. The first kappa shape index (κ1) is 27.1. The third kappa shape index (κ3) is 6.90. The molecule has 1 aromatic carbocycles. The Bertz CT molecular complexity index is 914. The molecule has 0 aromatic heterocycles. The Balaban J connectivity index is 1.24. The Labute approximate surface area is 218 Å². The molecule has 3 heteroatoms. The maximum absolute atomic E-state index is 14.8. The Kier molecular flexibility index (Phi) is 10.2. The molecule has 0 bridgehead atoms. The minimum atomic E-state index is -0.870. The van der Waals surface area contributed by atoms with E-state index in [2.05, 4.69) is 25.2 Å². The normalized spacial score (nSPS) is 29.6. The Morgan fingerprint density at radius 2 is 1.42 bits per heavy atom. The first-order valence-electron chi connectivity index (χ1n) is 14.6. The Morgan fingerprint density at radius 3 is 2.03 bits per heavy atom. The van der Waals surface area contributed by atoms with E-state index in [0.29, 0.717) is 11.5 Å². The fourth-order valence-corrected chi connectivity index (χ4v) is 7.19. The van der Waals surface area contributed by atoms with E-state index in [1.54, 1.807) is 18.2 Å². The lowest BCUT2D eigenvalue weighted by Gasteiger charge is -2.40. The van der Waals surface area contributed by atoms with Crippen molar-refractivity contribution in [3.8, 4) is 5.75 Å².